The molecular formula is C7H10LiN. The Morgan fingerprint density at radius 2 is 1.44 bits per heavy atom. The predicted molar refractivity (Wildman–Crippen MR) is 36.5 cm³/mol. The largest absolute Gasteiger partial charge is 1.00 e. The van der Waals surface area contributed by atoms with Crippen LogP contribution in [0.15, 0.2) is 30.3 Å². The van der Waals surface area contributed by atoms with Gasteiger partial charge in [-0.25, -0.2) is 0 Å². The SMILES string of the molecule is Cc1ccccc1.[Li+].[NH2-]. The molecule has 44 valence electrons. The van der Waals surface area contributed by atoms with Gasteiger partial charge in [-0.05, 0) is 6.92 Å². The van der Waals surface area contributed by atoms with Gasteiger partial charge in [0.05, 0.1) is 0 Å². The molecule has 0 aliphatic carbocycles. The van der Waals surface area contributed by atoms with Crippen molar-refractivity contribution in [3.63, 3.8) is 0 Å². The van der Waals surface area contributed by atoms with Crippen LogP contribution in [0.2, 0.25) is 0 Å². The van der Waals surface area contributed by atoms with Crippen molar-refractivity contribution in [1.29, 1.82) is 0 Å². The first kappa shape index (κ1) is 11.6. The van der Waals surface area contributed by atoms with Gasteiger partial charge in [-0.15, -0.1) is 0 Å². The van der Waals surface area contributed by atoms with Crippen LogP contribution in [0.4, 0.5) is 0 Å². The number of hydrogen-bond donors (Lipinski definition) is 0. The van der Waals surface area contributed by atoms with Gasteiger partial charge in [-0.1, -0.05) is 35.9 Å². The molecule has 1 rings (SSSR count). The van der Waals surface area contributed by atoms with Gasteiger partial charge in [-0.2, -0.15) is 0 Å². The van der Waals surface area contributed by atoms with Gasteiger partial charge in [-0.3, -0.25) is 0 Å². The maximum absolute atomic E-state index is 2.08. The number of hydrogen-bond acceptors (Lipinski definition) is 0. The summed E-state index contributed by atoms with van der Waals surface area (Å²) in [5, 5.41) is 0. The smallest absolute Gasteiger partial charge is 0.693 e. The van der Waals surface area contributed by atoms with E-state index in [2.05, 4.69) is 19.1 Å². The Morgan fingerprint density at radius 3 is 1.67 bits per heavy atom. The van der Waals surface area contributed by atoms with Gasteiger partial charge < -0.3 is 6.15 Å². The monoisotopic (exact) mass is 115 g/mol. The van der Waals surface area contributed by atoms with Crippen molar-refractivity contribution in [3.05, 3.63) is 42.0 Å². The molecule has 9 heavy (non-hydrogen) atoms. The van der Waals surface area contributed by atoms with E-state index in [1.807, 2.05) is 18.2 Å². The molecule has 1 aromatic rings. The minimum Gasteiger partial charge on any atom is -0.693 e. The van der Waals surface area contributed by atoms with Gasteiger partial charge in [0.1, 0.15) is 0 Å². The Labute approximate surface area is 68.2 Å². The van der Waals surface area contributed by atoms with Crippen molar-refractivity contribution in [2.75, 3.05) is 0 Å². The molecule has 0 atom stereocenters. The summed E-state index contributed by atoms with van der Waals surface area (Å²) in [6.07, 6.45) is 0. The molecule has 0 saturated carbocycles. The van der Waals surface area contributed by atoms with Crippen LogP contribution in [0.5, 0.6) is 0 Å². The van der Waals surface area contributed by atoms with E-state index in [0.29, 0.717) is 0 Å². The summed E-state index contributed by atoms with van der Waals surface area (Å²) in [7, 11) is 0. The first-order valence-corrected chi connectivity index (χ1v) is 2.41. The quantitative estimate of drug-likeness (QED) is 0.416. The molecule has 1 aromatic carbocycles. The first-order chi connectivity index (χ1) is 3.39. The first-order valence-electron chi connectivity index (χ1n) is 2.41. The van der Waals surface area contributed by atoms with Crippen molar-refractivity contribution >= 4 is 0 Å². The van der Waals surface area contributed by atoms with Crippen LogP contribution in [0.1, 0.15) is 5.56 Å². The van der Waals surface area contributed by atoms with E-state index in [9.17, 15) is 0 Å². The molecule has 1 nitrogen and oxygen atoms in total. The molecule has 0 saturated heterocycles. The molecule has 0 radical (unpaired) electrons. The van der Waals surface area contributed by atoms with Crippen molar-refractivity contribution in [1.82, 2.24) is 0 Å². The van der Waals surface area contributed by atoms with E-state index in [0.717, 1.165) is 0 Å². The van der Waals surface area contributed by atoms with Gasteiger partial charge in [0.15, 0.2) is 0 Å². The van der Waals surface area contributed by atoms with Crippen molar-refractivity contribution in [2.45, 2.75) is 6.92 Å². The maximum Gasteiger partial charge on any atom is 1.00 e. The van der Waals surface area contributed by atoms with Crippen molar-refractivity contribution in [2.24, 2.45) is 0 Å². The molecule has 0 unspecified atom stereocenters. The van der Waals surface area contributed by atoms with Crippen LogP contribution in [-0.4, -0.2) is 0 Å². The zero-order valence-electron chi connectivity index (χ0n) is 5.96. The van der Waals surface area contributed by atoms with E-state index in [4.69, 9.17) is 0 Å². The number of rotatable bonds is 0. The third-order valence-electron chi connectivity index (χ3n) is 0.940. The predicted octanol–water partition coefficient (Wildman–Crippen LogP) is -0.284. The Balaban J connectivity index is 0. The summed E-state index contributed by atoms with van der Waals surface area (Å²) in [6.45, 7) is 2.08. The molecule has 0 aliphatic heterocycles. The number of aryl methyl sites for hydroxylation is 1. The van der Waals surface area contributed by atoms with Crippen LogP contribution in [0.3, 0.4) is 0 Å². The Kier molecular flexibility index (Phi) is 7.59. The van der Waals surface area contributed by atoms with E-state index in [1.165, 1.54) is 5.56 Å². The zero-order valence-corrected chi connectivity index (χ0v) is 5.96. The minimum atomic E-state index is 0. The Hall–Kier alpha value is -0.223. The molecule has 2 N–H and O–H groups in total. The summed E-state index contributed by atoms with van der Waals surface area (Å²) in [5.41, 5.74) is 1.32. The number of benzene rings is 1. The molecule has 0 bridgehead atoms. The second kappa shape index (κ2) is 5.91. The second-order valence-corrected chi connectivity index (χ2v) is 1.65. The molecule has 0 aliphatic rings. The summed E-state index contributed by atoms with van der Waals surface area (Å²) < 4.78 is 0. The van der Waals surface area contributed by atoms with Crippen molar-refractivity contribution in [3.8, 4) is 0 Å². The molecular weight excluding hydrogens is 105 g/mol. The standard InChI is InChI=1S/C7H8.Li.H2N/c1-7-5-3-2-4-6-7;;/h2-6H,1H3;;1H2/q;+1;-1. The molecule has 0 spiro atoms. The molecule has 2 heteroatoms. The Bertz CT molecular complexity index is 139. The average Bonchev–Trinajstić information content (AvgIpc) is 1.69. The summed E-state index contributed by atoms with van der Waals surface area (Å²) >= 11 is 0. The van der Waals surface area contributed by atoms with Gasteiger partial charge in [0, 0.05) is 0 Å². The van der Waals surface area contributed by atoms with E-state index >= 15 is 0 Å². The van der Waals surface area contributed by atoms with E-state index in [1.54, 1.807) is 0 Å². The van der Waals surface area contributed by atoms with E-state index < -0.39 is 0 Å². The fourth-order valence-corrected chi connectivity index (χ4v) is 0.534. The third-order valence-corrected chi connectivity index (χ3v) is 0.940. The topological polar surface area (TPSA) is 33.5 Å². The molecule has 0 heterocycles. The molecule has 0 amide bonds. The summed E-state index contributed by atoms with van der Waals surface area (Å²) in [4.78, 5) is 0. The van der Waals surface area contributed by atoms with E-state index in [-0.39, 0.29) is 25.0 Å². The normalized spacial score (nSPS) is 6.78. The Morgan fingerprint density at radius 1 is 1.00 bits per heavy atom. The second-order valence-electron chi connectivity index (χ2n) is 1.65. The zero-order chi connectivity index (χ0) is 5.11. The molecule has 0 aromatic heterocycles. The molecule has 0 fully saturated rings. The maximum atomic E-state index is 2.08. The minimum absolute atomic E-state index is 0. The number of nitrogens with two attached hydrogens (primary N) is 1. The van der Waals surface area contributed by atoms with Gasteiger partial charge in [0.25, 0.3) is 0 Å². The van der Waals surface area contributed by atoms with Gasteiger partial charge >= 0.3 is 18.9 Å². The summed E-state index contributed by atoms with van der Waals surface area (Å²) in [6, 6.07) is 10.3. The van der Waals surface area contributed by atoms with Crippen molar-refractivity contribution < 1.29 is 18.9 Å². The van der Waals surface area contributed by atoms with Gasteiger partial charge in [0.2, 0.25) is 0 Å². The van der Waals surface area contributed by atoms with Crippen LogP contribution in [0.25, 0.3) is 6.15 Å². The summed E-state index contributed by atoms with van der Waals surface area (Å²) in [5.74, 6) is 0. The fourth-order valence-electron chi connectivity index (χ4n) is 0.534. The van der Waals surface area contributed by atoms with Crippen LogP contribution < -0.4 is 18.9 Å². The van der Waals surface area contributed by atoms with Crippen LogP contribution in [0, 0.1) is 6.92 Å². The fraction of sp³-hybridized carbons (Fsp3) is 0.143. The van der Waals surface area contributed by atoms with Crippen LogP contribution in [-0.2, 0) is 0 Å². The average molecular weight is 115 g/mol. The third kappa shape index (κ3) is 4.29. The van der Waals surface area contributed by atoms with Crippen LogP contribution >= 0.6 is 0 Å².